The van der Waals surface area contributed by atoms with E-state index in [1.54, 1.807) is 25.3 Å². The van der Waals surface area contributed by atoms with Crippen molar-refractivity contribution < 1.29 is 17.6 Å². The third kappa shape index (κ3) is 2.51. The Bertz CT molecular complexity index is 690. The average molecular weight is 268 g/mol. The van der Waals surface area contributed by atoms with Gasteiger partial charge in [-0.2, -0.15) is 0 Å². The number of rotatable bonds is 3. The number of carbonyl (C=O) groups excluding carboxylic acids is 1. The molecule has 2 rings (SSSR count). The minimum absolute atomic E-state index is 0.423. The van der Waals surface area contributed by atoms with E-state index in [2.05, 4.69) is 4.98 Å². The van der Waals surface area contributed by atoms with Crippen LogP contribution in [0.1, 0.15) is 18.4 Å². The van der Waals surface area contributed by atoms with Crippen molar-refractivity contribution in [2.24, 2.45) is 0 Å². The fourth-order valence-corrected chi connectivity index (χ4v) is 2.18. The van der Waals surface area contributed by atoms with E-state index in [0.29, 0.717) is 16.7 Å². The molecule has 0 bridgehead atoms. The van der Waals surface area contributed by atoms with Gasteiger partial charge in [-0.3, -0.25) is 9.52 Å². The molecule has 6 nitrogen and oxygen atoms in total. The van der Waals surface area contributed by atoms with E-state index in [9.17, 15) is 13.2 Å². The Morgan fingerprint density at radius 3 is 2.89 bits per heavy atom. The van der Waals surface area contributed by atoms with E-state index in [4.69, 9.17) is 4.42 Å². The van der Waals surface area contributed by atoms with Crippen LogP contribution in [0.5, 0.6) is 0 Å². The van der Waals surface area contributed by atoms with Crippen LogP contribution in [0.25, 0.3) is 11.1 Å². The first-order valence-corrected chi connectivity index (χ1v) is 7.11. The Morgan fingerprint density at radius 1 is 1.50 bits per heavy atom. The third-order valence-electron chi connectivity index (χ3n) is 2.53. The van der Waals surface area contributed by atoms with Crippen LogP contribution >= 0.6 is 0 Å². The van der Waals surface area contributed by atoms with Gasteiger partial charge in [0.15, 0.2) is 0 Å². The standard InChI is InChI=1S/C11H12N2O4S/c1-7(10(14)13-18(2,15)16)9-6-17-11-8(9)4-3-5-12-11/h3-7H,1-2H3,(H,13,14). The van der Waals surface area contributed by atoms with E-state index in [1.807, 2.05) is 4.72 Å². The summed E-state index contributed by atoms with van der Waals surface area (Å²) in [6.07, 6.45) is 3.94. The maximum absolute atomic E-state index is 11.7. The van der Waals surface area contributed by atoms with Gasteiger partial charge in [0.05, 0.1) is 18.4 Å². The molecule has 18 heavy (non-hydrogen) atoms. The first-order valence-electron chi connectivity index (χ1n) is 5.22. The van der Waals surface area contributed by atoms with Crippen molar-refractivity contribution in [2.45, 2.75) is 12.8 Å². The second-order valence-electron chi connectivity index (χ2n) is 4.01. The zero-order valence-corrected chi connectivity index (χ0v) is 10.7. The molecule has 2 aromatic rings. The van der Waals surface area contributed by atoms with Crippen molar-refractivity contribution in [2.75, 3.05) is 6.26 Å². The molecule has 1 atom stereocenters. The molecule has 2 heterocycles. The molecular weight excluding hydrogens is 256 g/mol. The normalized spacial score (nSPS) is 13.4. The number of furan rings is 1. The van der Waals surface area contributed by atoms with Crippen molar-refractivity contribution in [1.29, 1.82) is 0 Å². The van der Waals surface area contributed by atoms with Gasteiger partial charge in [0, 0.05) is 17.1 Å². The van der Waals surface area contributed by atoms with Crippen molar-refractivity contribution in [3.8, 4) is 0 Å². The number of nitrogens with one attached hydrogen (secondary N) is 1. The zero-order chi connectivity index (χ0) is 13.3. The quantitative estimate of drug-likeness (QED) is 0.897. The molecule has 0 aliphatic carbocycles. The lowest BCUT2D eigenvalue weighted by atomic mass is 10.0. The summed E-state index contributed by atoms with van der Waals surface area (Å²) in [5, 5.41) is 0.702. The lowest BCUT2D eigenvalue weighted by Crippen LogP contribution is -2.32. The molecule has 7 heteroatoms. The molecule has 0 radical (unpaired) electrons. The van der Waals surface area contributed by atoms with Crippen LogP contribution in [0, 0.1) is 0 Å². The van der Waals surface area contributed by atoms with Crippen LogP contribution in [-0.2, 0) is 14.8 Å². The number of hydrogen-bond donors (Lipinski definition) is 1. The second-order valence-corrected chi connectivity index (χ2v) is 5.76. The number of fused-ring (bicyclic) bond motifs is 1. The van der Waals surface area contributed by atoms with Gasteiger partial charge in [0.25, 0.3) is 0 Å². The number of amides is 1. The SMILES string of the molecule is CC(C(=O)NS(C)(=O)=O)c1coc2ncccc12. The highest BCUT2D eigenvalue weighted by molar-refractivity contribution is 7.89. The Labute approximate surface area is 104 Å². The van der Waals surface area contributed by atoms with Crippen LogP contribution in [0.3, 0.4) is 0 Å². The smallest absolute Gasteiger partial charge is 0.240 e. The van der Waals surface area contributed by atoms with Gasteiger partial charge in [-0.25, -0.2) is 13.4 Å². The maximum Gasteiger partial charge on any atom is 0.240 e. The maximum atomic E-state index is 11.7. The second kappa shape index (κ2) is 4.41. The molecule has 0 spiro atoms. The molecule has 2 aromatic heterocycles. The van der Waals surface area contributed by atoms with Gasteiger partial charge >= 0.3 is 0 Å². The van der Waals surface area contributed by atoms with E-state index < -0.39 is 21.8 Å². The first-order chi connectivity index (χ1) is 8.38. The van der Waals surface area contributed by atoms with Crippen LogP contribution < -0.4 is 4.72 Å². The van der Waals surface area contributed by atoms with Gasteiger partial charge in [-0.15, -0.1) is 0 Å². The van der Waals surface area contributed by atoms with Crippen molar-refractivity contribution >= 4 is 27.0 Å². The molecule has 1 amide bonds. The Hall–Kier alpha value is -1.89. The van der Waals surface area contributed by atoms with Gasteiger partial charge in [-0.05, 0) is 19.1 Å². The highest BCUT2D eigenvalue weighted by Crippen LogP contribution is 2.26. The van der Waals surface area contributed by atoms with Crippen molar-refractivity contribution in [3.63, 3.8) is 0 Å². The van der Waals surface area contributed by atoms with Crippen LogP contribution in [0.4, 0.5) is 0 Å². The van der Waals surface area contributed by atoms with Crippen LogP contribution in [0.2, 0.25) is 0 Å². The lowest BCUT2D eigenvalue weighted by Gasteiger charge is -2.09. The number of sulfonamides is 1. The largest absolute Gasteiger partial charge is 0.446 e. The number of nitrogens with zero attached hydrogens (tertiary/aromatic N) is 1. The Kier molecular flexibility index (Phi) is 3.08. The summed E-state index contributed by atoms with van der Waals surface area (Å²) in [4.78, 5) is 15.7. The molecule has 0 saturated heterocycles. The molecule has 1 N–H and O–H groups in total. The van der Waals surface area contributed by atoms with Gasteiger partial charge < -0.3 is 4.42 Å². The monoisotopic (exact) mass is 268 g/mol. The molecule has 0 aromatic carbocycles. The number of carbonyl (C=O) groups is 1. The molecule has 0 aliphatic heterocycles. The predicted octanol–water partition coefficient (Wildman–Crippen LogP) is 1.01. The van der Waals surface area contributed by atoms with Gasteiger partial charge in [0.1, 0.15) is 0 Å². The van der Waals surface area contributed by atoms with E-state index in [1.165, 1.54) is 6.26 Å². The summed E-state index contributed by atoms with van der Waals surface area (Å²) in [5.41, 5.74) is 1.03. The summed E-state index contributed by atoms with van der Waals surface area (Å²) in [6, 6.07) is 3.49. The van der Waals surface area contributed by atoms with E-state index in [-0.39, 0.29) is 0 Å². The summed E-state index contributed by atoms with van der Waals surface area (Å²) in [5.74, 6) is -1.23. The van der Waals surface area contributed by atoms with Gasteiger partial charge in [-0.1, -0.05) is 0 Å². The molecular formula is C11H12N2O4S. The average Bonchev–Trinajstić information content (AvgIpc) is 2.69. The molecule has 0 saturated carbocycles. The van der Waals surface area contributed by atoms with Crippen molar-refractivity contribution in [3.05, 3.63) is 30.2 Å². The highest BCUT2D eigenvalue weighted by Gasteiger charge is 2.22. The van der Waals surface area contributed by atoms with E-state index in [0.717, 1.165) is 6.26 Å². The molecule has 96 valence electrons. The van der Waals surface area contributed by atoms with Crippen LogP contribution in [0.15, 0.2) is 29.0 Å². The number of pyridine rings is 1. The predicted molar refractivity (Wildman–Crippen MR) is 65.4 cm³/mol. The molecule has 0 aliphatic rings. The van der Waals surface area contributed by atoms with E-state index >= 15 is 0 Å². The summed E-state index contributed by atoms with van der Waals surface area (Å²) in [6.45, 7) is 1.61. The fourth-order valence-electron chi connectivity index (χ4n) is 1.63. The minimum atomic E-state index is -3.56. The summed E-state index contributed by atoms with van der Waals surface area (Å²) >= 11 is 0. The van der Waals surface area contributed by atoms with Gasteiger partial charge in [0.2, 0.25) is 21.6 Å². The lowest BCUT2D eigenvalue weighted by molar-refractivity contribution is -0.120. The summed E-state index contributed by atoms with van der Waals surface area (Å²) in [7, 11) is -3.56. The zero-order valence-electron chi connectivity index (χ0n) is 9.88. The molecule has 1 unspecified atom stereocenters. The number of aromatic nitrogens is 1. The first kappa shape index (κ1) is 12.6. The third-order valence-corrected chi connectivity index (χ3v) is 3.10. The summed E-state index contributed by atoms with van der Waals surface area (Å²) < 4.78 is 29.2. The topological polar surface area (TPSA) is 89.3 Å². The highest BCUT2D eigenvalue weighted by atomic mass is 32.2. The van der Waals surface area contributed by atoms with Crippen LogP contribution in [-0.4, -0.2) is 25.6 Å². The fraction of sp³-hybridized carbons (Fsp3) is 0.273. The Morgan fingerprint density at radius 2 is 2.22 bits per heavy atom. The number of hydrogen-bond acceptors (Lipinski definition) is 5. The van der Waals surface area contributed by atoms with Crippen molar-refractivity contribution in [1.82, 2.24) is 9.71 Å². The Balaban J connectivity index is 2.34. The molecule has 0 fully saturated rings. The minimum Gasteiger partial charge on any atom is -0.446 e.